The zero-order valence-electron chi connectivity index (χ0n) is 13.7. The van der Waals surface area contributed by atoms with Crippen LogP contribution in [0.3, 0.4) is 0 Å². The maximum atomic E-state index is 4.89. The summed E-state index contributed by atoms with van der Waals surface area (Å²) in [6, 6.07) is 1.10. The van der Waals surface area contributed by atoms with Crippen molar-refractivity contribution in [2.24, 2.45) is 0 Å². The van der Waals surface area contributed by atoms with E-state index in [1.807, 2.05) is 0 Å². The molecule has 0 saturated heterocycles. The molecule has 0 bridgehead atoms. The van der Waals surface area contributed by atoms with E-state index in [4.69, 9.17) is 5.10 Å². The molecule has 0 amide bonds. The standard InChI is InChI=1S/C17H31N3/c1-5-12-18-16(6-2)17-13(3)19-20(14(17)4)15-10-8-7-9-11-15/h15-16,18H,5-12H2,1-4H3. The van der Waals surface area contributed by atoms with Crippen LogP contribution in [0.25, 0.3) is 0 Å². The Bertz CT molecular complexity index is 416. The van der Waals surface area contributed by atoms with Gasteiger partial charge in [0.1, 0.15) is 0 Å². The molecule has 0 aromatic carbocycles. The van der Waals surface area contributed by atoms with Crippen LogP contribution in [0.15, 0.2) is 0 Å². The third-order valence-electron chi connectivity index (χ3n) is 4.70. The molecule has 0 aliphatic heterocycles. The number of hydrogen-bond donors (Lipinski definition) is 1. The molecular weight excluding hydrogens is 246 g/mol. The third-order valence-corrected chi connectivity index (χ3v) is 4.70. The van der Waals surface area contributed by atoms with Gasteiger partial charge in [-0.2, -0.15) is 5.10 Å². The van der Waals surface area contributed by atoms with Crippen molar-refractivity contribution in [3.8, 4) is 0 Å². The number of aromatic nitrogens is 2. The molecule has 1 unspecified atom stereocenters. The van der Waals surface area contributed by atoms with Crippen LogP contribution >= 0.6 is 0 Å². The Hall–Kier alpha value is -0.830. The van der Waals surface area contributed by atoms with Gasteiger partial charge >= 0.3 is 0 Å². The normalized spacial score (nSPS) is 18.4. The molecule has 0 spiro atoms. The van der Waals surface area contributed by atoms with E-state index in [1.54, 1.807) is 0 Å². The minimum atomic E-state index is 0.465. The quantitative estimate of drug-likeness (QED) is 0.832. The number of nitrogens with one attached hydrogen (secondary N) is 1. The van der Waals surface area contributed by atoms with Gasteiger partial charge in [0, 0.05) is 17.3 Å². The molecule has 1 aliphatic carbocycles. The Balaban J connectivity index is 2.22. The SMILES string of the molecule is CCCNC(CC)c1c(C)nn(C2CCCCC2)c1C. The van der Waals surface area contributed by atoms with Gasteiger partial charge in [-0.1, -0.05) is 33.1 Å². The van der Waals surface area contributed by atoms with Gasteiger partial charge in [-0.05, 0) is 46.1 Å². The fraction of sp³-hybridized carbons (Fsp3) is 0.824. The summed E-state index contributed by atoms with van der Waals surface area (Å²) in [5.74, 6) is 0. The first-order chi connectivity index (χ1) is 9.69. The van der Waals surface area contributed by atoms with E-state index in [9.17, 15) is 0 Å². The molecule has 3 nitrogen and oxygen atoms in total. The molecule has 2 rings (SSSR count). The summed E-state index contributed by atoms with van der Waals surface area (Å²) in [5, 5.41) is 8.57. The highest BCUT2D eigenvalue weighted by molar-refractivity contribution is 5.28. The molecule has 20 heavy (non-hydrogen) atoms. The fourth-order valence-electron chi connectivity index (χ4n) is 3.63. The minimum absolute atomic E-state index is 0.465. The molecule has 1 N–H and O–H groups in total. The lowest BCUT2D eigenvalue weighted by Gasteiger charge is -2.24. The molecule has 0 radical (unpaired) electrons. The number of nitrogens with zero attached hydrogens (tertiary/aromatic N) is 2. The van der Waals surface area contributed by atoms with E-state index in [2.05, 4.69) is 37.7 Å². The first-order valence-corrected chi connectivity index (χ1v) is 8.48. The van der Waals surface area contributed by atoms with Crippen LogP contribution in [0.4, 0.5) is 0 Å². The van der Waals surface area contributed by atoms with E-state index in [0.29, 0.717) is 12.1 Å². The van der Waals surface area contributed by atoms with Gasteiger partial charge in [-0.25, -0.2) is 0 Å². The average Bonchev–Trinajstić information content (AvgIpc) is 2.77. The van der Waals surface area contributed by atoms with Crippen LogP contribution < -0.4 is 5.32 Å². The smallest absolute Gasteiger partial charge is 0.0644 e. The van der Waals surface area contributed by atoms with Crippen LogP contribution in [-0.4, -0.2) is 16.3 Å². The van der Waals surface area contributed by atoms with Gasteiger partial charge < -0.3 is 5.32 Å². The lowest BCUT2D eigenvalue weighted by molar-refractivity contribution is 0.323. The summed E-state index contributed by atoms with van der Waals surface area (Å²) in [4.78, 5) is 0. The molecule has 1 aliphatic rings. The van der Waals surface area contributed by atoms with Crippen LogP contribution in [-0.2, 0) is 0 Å². The van der Waals surface area contributed by atoms with Crippen LogP contribution in [0.2, 0.25) is 0 Å². The second-order valence-electron chi connectivity index (χ2n) is 6.24. The Morgan fingerprint density at radius 2 is 1.90 bits per heavy atom. The van der Waals surface area contributed by atoms with Crippen molar-refractivity contribution in [3.63, 3.8) is 0 Å². The van der Waals surface area contributed by atoms with E-state index < -0.39 is 0 Å². The lowest BCUT2D eigenvalue weighted by Crippen LogP contribution is -2.23. The lowest BCUT2D eigenvalue weighted by atomic mass is 9.95. The van der Waals surface area contributed by atoms with Gasteiger partial charge in [0.05, 0.1) is 11.7 Å². The first kappa shape index (κ1) is 15.6. The summed E-state index contributed by atoms with van der Waals surface area (Å²) in [5.41, 5.74) is 4.07. The molecule has 1 fully saturated rings. The predicted molar refractivity (Wildman–Crippen MR) is 85.1 cm³/mol. The largest absolute Gasteiger partial charge is 0.310 e. The summed E-state index contributed by atoms with van der Waals surface area (Å²) in [7, 11) is 0. The third kappa shape index (κ3) is 3.25. The maximum Gasteiger partial charge on any atom is 0.0644 e. The van der Waals surface area contributed by atoms with Gasteiger partial charge in [0.25, 0.3) is 0 Å². The minimum Gasteiger partial charge on any atom is -0.310 e. The highest BCUT2D eigenvalue weighted by Gasteiger charge is 2.24. The topological polar surface area (TPSA) is 29.9 Å². The second-order valence-corrected chi connectivity index (χ2v) is 6.24. The Morgan fingerprint density at radius 1 is 1.20 bits per heavy atom. The van der Waals surface area contributed by atoms with Crippen molar-refractivity contribution in [3.05, 3.63) is 17.0 Å². The number of aryl methyl sites for hydroxylation is 1. The van der Waals surface area contributed by atoms with Crippen molar-refractivity contribution < 1.29 is 0 Å². The highest BCUT2D eigenvalue weighted by Crippen LogP contribution is 2.32. The van der Waals surface area contributed by atoms with Crippen molar-refractivity contribution in [2.75, 3.05) is 6.54 Å². The van der Waals surface area contributed by atoms with E-state index in [-0.39, 0.29) is 0 Å². The Labute approximate surface area is 124 Å². The Morgan fingerprint density at radius 3 is 2.50 bits per heavy atom. The monoisotopic (exact) mass is 277 g/mol. The fourth-order valence-corrected chi connectivity index (χ4v) is 3.63. The van der Waals surface area contributed by atoms with Gasteiger partial charge in [-0.3, -0.25) is 4.68 Å². The summed E-state index contributed by atoms with van der Waals surface area (Å²) >= 11 is 0. The molecule has 1 aromatic rings. The number of rotatable bonds is 6. The highest BCUT2D eigenvalue weighted by atomic mass is 15.3. The molecular formula is C17H31N3. The van der Waals surface area contributed by atoms with Crippen LogP contribution in [0.1, 0.15) is 87.8 Å². The number of hydrogen-bond acceptors (Lipinski definition) is 2. The first-order valence-electron chi connectivity index (χ1n) is 8.48. The molecule has 1 heterocycles. The van der Waals surface area contributed by atoms with Gasteiger partial charge in [0.2, 0.25) is 0 Å². The molecule has 1 atom stereocenters. The van der Waals surface area contributed by atoms with Gasteiger partial charge in [0.15, 0.2) is 0 Å². The predicted octanol–water partition coefficient (Wildman–Crippen LogP) is 4.46. The van der Waals surface area contributed by atoms with E-state index in [1.165, 1.54) is 55.5 Å². The Kier molecular flexibility index (Phi) is 5.64. The molecule has 1 saturated carbocycles. The van der Waals surface area contributed by atoms with Crippen molar-refractivity contribution >= 4 is 0 Å². The average molecular weight is 277 g/mol. The summed E-state index contributed by atoms with van der Waals surface area (Å²) in [6.45, 7) is 10.0. The summed E-state index contributed by atoms with van der Waals surface area (Å²) < 4.78 is 2.33. The van der Waals surface area contributed by atoms with Crippen LogP contribution in [0, 0.1) is 13.8 Å². The molecule has 1 aromatic heterocycles. The molecule has 3 heteroatoms. The van der Waals surface area contributed by atoms with Crippen molar-refractivity contribution in [2.45, 2.75) is 84.7 Å². The van der Waals surface area contributed by atoms with E-state index >= 15 is 0 Å². The second kappa shape index (κ2) is 7.26. The molecule has 114 valence electrons. The van der Waals surface area contributed by atoms with Crippen molar-refractivity contribution in [1.82, 2.24) is 15.1 Å². The maximum absolute atomic E-state index is 4.89. The van der Waals surface area contributed by atoms with Gasteiger partial charge in [-0.15, -0.1) is 0 Å². The van der Waals surface area contributed by atoms with Crippen LogP contribution in [0.5, 0.6) is 0 Å². The zero-order chi connectivity index (χ0) is 14.5. The van der Waals surface area contributed by atoms with E-state index in [0.717, 1.165) is 13.0 Å². The summed E-state index contributed by atoms with van der Waals surface area (Å²) in [6.07, 6.45) is 9.07. The van der Waals surface area contributed by atoms with Crippen molar-refractivity contribution in [1.29, 1.82) is 0 Å². The zero-order valence-corrected chi connectivity index (χ0v) is 13.7.